The highest BCUT2D eigenvalue weighted by molar-refractivity contribution is 5.97. The third-order valence-corrected chi connectivity index (χ3v) is 4.73. The van der Waals surface area contributed by atoms with Gasteiger partial charge in [-0.15, -0.1) is 0 Å². The van der Waals surface area contributed by atoms with E-state index in [1.165, 1.54) is 6.20 Å². The lowest BCUT2D eigenvalue weighted by molar-refractivity contribution is -0.107. The average molecular weight is 499 g/mol. The third kappa shape index (κ3) is 20.3. The number of nitrogens with two attached hydrogens (primary N) is 1. The quantitative estimate of drug-likeness (QED) is 0.246. The number of amides is 1. The minimum Gasteiger partial charge on any atom is -0.396 e. The number of aromatic amines is 1. The van der Waals surface area contributed by atoms with Gasteiger partial charge in [0.25, 0.3) is 5.91 Å². The Morgan fingerprint density at radius 1 is 1.23 bits per heavy atom. The van der Waals surface area contributed by atoms with E-state index in [2.05, 4.69) is 73.0 Å². The molecule has 0 bridgehead atoms. The Kier molecular flexibility index (Phi) is 21.2. The minimum absolute atomic E-state index is 0.164. The number of allylic oxidation sites excluding steroid dienone is 3. The summed E-state index contributed by atoms with van der Waals surface area (Å²) in [5.41, 5.74) is 6.49. The standard InChI is InChI=1S/C17H34N6O.C4H5FO.C4H5F/c1-5-8-14(20-17(24)16-15(18)13-19-21-16)9-7-10-23(6-2)12-11-22(3)4;1-4(5)2-3-6;1-3-4(2)5/h13-14H,5-12,18H2,1-4H3,(H,19,21)(H,20,24);3H,1-2H2;3H,1-2H2/t14-;;/m1../s1. The van der Waals surface area contributed by atoms with Gasteiger partial charge in [0.1, 0.15) is 17.8 Å². The fourth-order valence-electron chi connectivity index (χ4n) is 2.79. The van der Waals surface area contributed by atoms with Crippen molar-refractivity contribution in [2.75, 3.05) is 46.0 Å². The van der Waals surface area contributed by atoms with Crippen molar-refractivity contribution in [3.8, 4) is 0 Å². The molecule has 200 valence electrons. The summed E-state index contributed by atoms with van der Waals surface area (Å²) in [5.74, 6) is -1.22. The Morgan fingerprint density at radius 3 is 2.23 bits per heavy atom. The molecule has 0 spiro atoms. The summed E-state index contributed by atoms with van der Waals surface area (Å²) in [7, 11) is 4.20. The van der Waals surface area contributed by atoms with Crippen molar-refractivity contribution < 1.29 is 18.4 Å². The number of H-pyrrole nitrogens is 1. The Morgan fingerprint density at radius 2 is 1.86 bits per heavy atom. The molecule has 0 unspecified atom stereocenters. The number of halogens is 2. The van der Waals surface area contributed by atoms with Crippen molar-refractivity contribution in [3.63, 3.8) is 0 Å². The molecular weight excluding hydrogens is 454 g/mol. The number of likely N-dealkylation sites (N-methyl/N-ethyl adjacent to an activating group) is 2. The molecule has 0 aromatic carbocycles. The first-order chi connectivity index (χ1) is 16.5. The number of nitrogens with zero attached hydrogens (tertiary/aromatic N) is 3. The zero-order valence-electron chi connectivity index (χ0n) is 21.8. The number of nitrogens with one attached hydrogen (secondary N) is 2. The number of carbonyl (C=O) groups excluding carboxylic acids is 2. The monoisotopic (exact) mass is 498 g/mol. The van der Waals surface area contributed by atoms with Gasteiger partial charge in [0.15, 0.2) is 0 Å². The number of aromatic nitrogens is 2. The van der Waals surface area contributed by atoms with E-state index in [1.807, 2.05) is 0 Å². The first kappa shape index (κ1) is 34.3. The molecule has 35 heavy (non-hydrogen) atoms. The second-order valence-electron chi connectivity index (χ2n) is 8.08. The van der Waals surface area contributed by atoms with Crippen LogP contribution in [0.25, 0.3) is 0 Å². The van der Waals surface area contributed by atoms with Gasteiger partial charge in [-0.25, -0.2) is 8.78 Å². The SMILES string of the molecule is C=C(F)CC=O.C=CC(=C)F.CCC[C@H](CCCN(CC)CCN(C)C)NC(=O)c1[nH]ncc1N. The normalized spacial score (nSPS) is 11.0. The van der Waals surface area contributed by atoms with Gasteiger partial charge in [0, 0.05) is 19.1 Å². The fraction of sp³-hybridized carbons (Fsp3) is 0.560. The molecule has 0 aliphatic heterocycles. The number of anilines is 1. The summed E-state index contributed by atoms with van der Waals surface area (Å²) in [5, 5.41) is 9.56. The van der Waals surface area contributed by atoms with Gasteiger partial charge in [0.05, 0.1) is 24.1 Å². The highest BCUT2D eigenvalue weighted by Crippen LogP contribution is 2.10. The maximum absolute atomic E-state index is 12.3. The van der Waals surface area contributed by atoms with E-state index < -0.39 is 11.7 Å². The predicted molar refractivity (Wildman–Crippen MR) is 140 cm³/mol. The molecule has 0 aliphatic rings. The van der Waals surface area contributed by atoms with Crippen LogP contribution < -0.4 is 11.1 Å². The van der Waals surface area contributed by atoms with Gasteiger partial charge < -0.3 is 25.6 Å². The van der Waals surface area contributed by atoms with Crippen LogP contribution in [0, 0.1) is 0 Å². The molecular formula is C25H44F2N6O2. The molecule has 1 rings (SSSR count). The molecule has 1 aromatic heterocycles. The molecule has 0 radical (unpaired) electrons. The second kappa shape index (κ2) is 21.7. The van der Waals surface area contributed by atoms with Crippen LogP contribution in [0.2, 0.25) is 0 Å². The van der Waals surface area contributed by atoms with E-state index >= 15 is 0 Å². The number of hydrogen-bond donors (Lipinski definition) is 3. The fourth-order valence-corrected chi connectivity index (χ4v) is 2.79. The van der Waals surface area contributed by atoms with E-state index in [4.69, 9.17) is 5.73 Å². The van der Waals surface area contributed by atoms with Crippen LogP contribution >= 0.6 is 0 Å². The third-order valence-electron chi connectivity index (χ3n) is 4.73. The zero-order valence-corrected chi connectivity index (χ0v) is 21.8. The first-order valence-corrected chi connectivity index (χ1v) is 11.7. The average Bonchev–Trinajstić information content (AvgIpc) is 3.22. The Hall–Kier alpha value is -2.85. The van der Waals surface area contributed by atoms with Crippen molar-refractivity contribution in [2.24, 2.45) is 0 Å². The maximum atomic E-state index is 12.3. The van der Waals surface area contributed by atoms with Crippen LogP contribution in [-0.2, 0) is 4.79 Å². The molecule has 1 atom stereocenters. The van der Waals surface area contributed by atoms with Crippen LogP contribution in [0.15, 0.2) is 43.7 Å². The van der Waals surface area contributed by atoms with Crippen LogP contribution in [0.1, 0.15) is 56.4 Å². The molecule has 0 saturated heterocycles. The molecule has 0 saturated carbocycles. The lowest BCUT2D eigenvalue weighted by Gasteiger charge is -2.24. The van der Waals surface area contributed by atoms with Gasteiger partial charge in [-0.2, -0.15) is 5.10 Å². The maximum Gasteiger partial charge on any atom is 0.271 e. The summed E-state index contributed by atoms with van der Waals surface area (Å²) in [4.78, 5) is 26.2. The smallest absolute Gasteiger partial charge is 0.271 e. The Bertz CT molecular complexity index is 752. The summed E-state index contributed by atoms with van der Waals surface area (Å²) in [6, 6.07) is 0.178. The molecule has 4 N–H and O–H groups in total. The van der Waals surface area contributed by atoms with Crippen LogP contribution in [-0.4, -0.2) is 78.5 Å². The number of nitrogen functional groups attached to an aromatic ring is 1. The molecule has 0 fully saturated rings. The number of carbonyl (C=O) groups is 2. The summed E-state index contributed by atoms with van der Waals surface area (Å²) in [6.07, 6.45) is 6.90. The molecule has 1 aromatic rings. The first-order valence-electron chi connectivity index (χ1n) is 11.7. The van der Waals surface area contributed by atoms with Crippen LogP contribution in [0.4, 0.5) is 14.5 Å². The van der Waals surface area contributed by atoms with Gasteiger partial charge in [0.2, 0.25) is 0 Å². The minimum atomic E-state index is -0.579. The topological polar surface area (TPSA) is 107 Å². The second-order valence-corrected chi connectivity index (χ2v) is 8.08. The van der Waals surface area contributed by atoms with Crippen LogP contribution in [0.5, 0.6) is 0 Å². The summed E-state index contributed by atoms with van der Waals surface area (Å²) < 4.78 is 22.4. The van der Waals surface area contributed by atoms with E-state index in [0.29, 0.717) is 17.7 Å². The predicted octanol–water partition coefficient (Wildman–Crippen LogP) is 4.27. The number of aldehydes is 1. The van der Waals surface area contributed by atoms with Gasteiger partial charge >= 0.3 is 0 Å². The van der Waals surface area contributed by atoms with Crippen molar-refractivity contribution in [2.45, 2.75) is 52.0 Å². The lowest BCUT2D eigenvalue weighted by atomic mass is 10.1. The van der Waals surface area contributed by atoms with E-state index in [0.717, 1.165) is 57.9 Å². The number of hydrogen-bond acceptors (Lipinski definition) is 6. The highest BCUT2D eigenvalue weighted by atomic mass is 19.1. The Labute approximate surface area is 209 Å². The van der Waals surface area contributed by atoms with Crippen molar-refractivity contribution in [1.82, 2.24) is 25.3 Å². The molecule has 1 amide bonds. The van der Waals surface area contributed by atoms with Gasteiger partial charge in [-0.3, -0.25) is 9.89 Å². The Balaban J connectivity index is 0. The molecule has 10 heteroatoms. The summed E-state index contributed by atoms with van der Waals surface area (Å²) in [6.45, 7) is 17.4. The largest absolute Gasteiger partial charge is 0.396 e. The van der Waals surface area contributed by atoms with Crippen molar-refractivity contribution >= 4 is 17.9 Å². The number of rotatable bonds is 15. The van der Waals surface area contributed by atoms with E-state index in [-0.39, 0.29) is 18.4 Å². The molecule has 0 aliphatic carbocycles. The molecule has 8 nitrogen and oxygen atoms in total. The highest BCUT2D eigenvalue weighted by Gasteiger charge is 2.17. The van der Waals surface area contributed by atoms with E-state index in [1.54, 1.807) is 0 Å². The zero-order chi connectivity index (χ0) is 27.2. The van der Waals surface area contributed by atoms with E-state index in [9.17, 15) is 18.4 Å². The van der Waals surface area contributed by atoms with Gasteiger partial charge in [-0.05, 0) is 52.5 Å². The van der Waals surface area contributed by atoms with Gasteiger partial charge in [-0.1, -0.05) is 40.0 Å². The lowest BCUT2D eigenvalue weighted by Crippen LogP contribution is -2.37. The molecule has 1 heterocycles. The van der Waals surface area contributed by atoms with Crippen molar-refractivity contribution in [1.29, 1.82) is 0 Å². The summed E-state index contributed by atoms with van der Waals surface area (Å²) >= 11 is 0. The van der Waals surface area contributed by atoms with Crippen LogP contribution in [0.3, 0.4) is 0 Å². The van der Waals surface area contributed by atoms with Crippen molar-refractivity contribution in [3.05, 3.63) is 49.4 Å².